The van der Waals surface area contributed by atoms with Gasteiger partial charge < -0.3 is 0 Å². The summed E-state index contributed by atoms with van der Waals surface area (Å²) >= 11 is 0. The fourth-order valence-electron chi connectivity index (χ4n) is 5.75. The minimum Gasteiger partial charge on any atom is -0.0999 e. The molecule has 0 bridgehead atoms. The molecule has 3 unspecified atom stereocenters. The van der Waals surface area contributed by atoms with Crippen LogP contribution in [0.15, 0.2) is 12.2 Å². The van der Waals surface area contributed by atoms with Crippen LogP contribution in [0.4, 0.5) is 0 Å². The molecule has 2 aliphatic rings. The van der Waals surface area contributed by atoms with Crippen LogP contribution in [0, 0.1) is 35.0 Å². The Morgan fingerprint density at radius 1 is 0.964 bits per heavy atom. The van der Waals surface area contributed by atoms with Crippen LogP contribution >= 0.6 is 0 Å². The van der Waals surface area contributed by atoms with Crippen molar-refractivity contribution in [3.8, 4) is 0 Å². The highest BCUT2D eigenvalue weighted by atomic mass is 14.5. The molecule has 2 aliphatic carbocycles. The molecule has 0 aromatic heterocycles. The summed E-state index contributed by atoms with van der Waals surface area (Å²) in [4.78, 5) is 0. The van der Waals surface area contributed by atoms with Crippen LogP contribution in [0.3, 0.4) is 0 Å². The van der Waals surface area contributed by atoms with E-state index >= 15 is 0 Å². The van der Waals surface area contributed by atoms with E-state index in [9.17, 15) is 0 Å². The van der Waals surface area contributed by atoms with Gasteiger partial charge in [0.25, 0.3) is 0 Å². The third-order valence-corrected chi connectivity index (χ3v) is 8.23. The van der Waals surface area contributed by atoms with Crippen LogP contribution in [0.2, 0.25) is 0 Å². The van der Waals surface area contributed by atoms with Gasteiger partial charge in [0, 0.05) is 0 Å². The molecule has 3 atom stereocenters. The lowest BCUT2D eigenvalue weighted by molar-refractivity contribution is 0.147. The Bertz CT molecular complexity index is 437. The van der Waals surface area contributed by atoms with Gasteiger partial charge in [0.05, 0.1) is 0 Å². The molecule has 0 spiro atoms. The first-order valence-corrected chi connectivity index (χ1v) is 12.9. The van der Waals surface area contributed by atoms with Gasteiger partial charge in [-0.1, -0.05) is 91.7 Å². The summed E-state index contributed by atoms with van der Waals surface area (Å²) in [6.45, 7) is 16.6. The summed E-state index contributed by atoms with van der Waals surface area (Å²) < 4.78 is 0. The lowest BCUT2D eigenvalue weighted by atomic mass is 9.70. The Balaban J connectivity index is 1.71. The Morgan fingerprint density at radius 2 is 1.64 bits per heavy atom. The Kier molecular flexibility index (Phi) is 10.1. The quantitative estimate of drug-likeness (QED) is 0.193. The molecular weight excluding hydrogens is 336 g/mol. The smallest absolute Gasteiger partial charge is 0.0321 e. The Hall–Kier alpha value is -0.260. The Morgan fingerprint density at radius 3 is 2.25 bits per heavy atom. The first-order chi connectivity index (χ1) is 13.3. The SMILES string of the molecule is C=C(CCCCCC(CCC1CCCC1)C(C)(C)CC1CC1C)CCC(C)C. The topological polar surface area (TPSA) is 0 Å². The number of rotatable bonds is 15. The van der Waals surface area contributed by atoms with Gasteiger partial charge in [0.2, 0.25) is 0 Å². The minimum absolute atomic E-state index is 0.550. The molecule has 0 aliphatic heterocycles. The number of hydrogen-bond donors (Lipinski definition) is 0. The monoisotopic (exact) mass is 388 g/mol. The van der Waals surface area contributed by atoms with Crippen molar-refractivity contribution in [2.45, 2.75) is 131 Å². The van der Waals surface area contributed by atoms with E-state index in [4.69, 9.17) is 0 Å². The Labute approximate surface area is 178 Å². The first-order valence-electron chi connectivity index (χ1n) is 12.9. The molecule has 0 nitrogen and oxygen atoms in total. The second-order valence-corrected chi connectivity index (χ2v) is 11.9. The average Bonchev–Trinajstić information content (AvgIpc) is 3.09. The molecule has 0 radical (unpaired) electrons. The highest BCUT2D eigenvalue weighted by molar-refractivity contribution is 4.94. The van der Waals surface area contributed by atoms with Crippen molar-refractivity contribution in [3.63, 3.8) is 0 Å². The van der Waals surface area contributed by atoms with E-state index < -0.39 is 0 Å². The van der Waals surface area contributed by atoms with Gasteiger partial charge in [-0.3, -0.25) is 0 Å². The maximum absolute atomic E-state index is 4.32. The van der Waals surface area contributed by atoms with E-state index in [2.05, 4.69) is 41.2 Å². The maximum Gasteiger partial charge on any atom is -0.0321 e. The van der Waals surface area contributed by atoms with Crippen LogP contribution in [-0.2, 0) is 0 Å². The van der Waals surface area contributed by atoms with E-state index in [1.165, 1.54) is 102 Å². The zero-order valence-electron chi connectivity index (χ0n) is 20.2. The molecule has 0 saturated heterocycles. The number of unbranched alkanes of at least 4 members (excludes halogenated alkanes) is 2. The minimum atomic E-state index is 0.550. The van der Waals surface area contributed by atoms with Gasteiger partial charge in [-0.2, -0.15) is 0 Å². The lowest BCUT2D eigenvalue weighted by Gasteiger charge is -2.36. The van der Waals surface area contributed by atoms with Crippen molar-refractivity contribution in [3.05, 3.63) is 12.2 Å². The van der Waals surface area contributed by atoms with E-state index in [0.29, 0.717) is 5.41 Å². The molecule has 0 aromatic rings. The highest BCUT2D eigenvalue weighted by Gasteiger charge is 2.40. The van der Waals surface area contributed by atoms with Crippen LogP contribution < -0.4 is 0 Å². The average molecular weight is 389 g/mol. The summed E-state index contributed by atoms with van der Waals surface area (Å²) in [7, 11) is 0. The molecule has 2 rings (SSSR count). The molecule has 0 amide bonds. The van der Waals surface area contributed by atoms with Gasteiger partial charge in [-0.25, -0.2) is 0 Å². The zero-order chi connectivity index (χ0) is 20.6. The molecule has 0 heterocycles. The second-order valence-electron chi connectivity index (χ2n) is 11.9. The standard InChI is InChI=1S/C28H52/c1-22(2)16-17-23(3)12-8-7-9-15-27(19-18-25-13-10-11-14-25)28(5,6)21-26-20-24(26)4/h22,24-27H,3,7-21H2,1-2,4-6H3. The van der Waals surface area contributed by atoms with Gasteiger partial charge in [0.1, 0.15) is 0 Å². The van der Waals surface area contributed by atoms with Crippen LogP contribution in [0.5, 0.6) is 0 Å². The zero-order valence-corrected chi connectivity index (χ0v) is 20.2. The largest absolute Gasteiger partial charge is 0.0999 e. The first kappa shape index (κ1) is 24.0. The van der Waals surface area contributed by atoms with Crippen LogP contribution in [0.25, 0.3) is 0 Å². The highest BCUT2D eigenvalue weighted by Crippen LogP contribution is 2.50. The van der Waals surface area contributed by atoms with Gasteiger partial charge >= 0.3 is 0 Å². The molecule has 28 heavy (non-hydrogen) atoms. The normalized spacial score (nSPS) is 24.1. The summed E-state index contributed by atoms with van der Waals surface area (Å²) in [6, 6.07) is 0. The molecule has 0 N–H and O–H groups in total. The van der Waals surface area contributed by atoms with Crippen molar-refractivity contribution in [2.24, 2.45) is 35.0 Å². The molecule has 2 fully saturated rings. The third kappa shape index (κ3) is 9.04. The summed E-state index contributed by atoms with van der Waals surface area (Å²) in [5.41, 5.74) is 2.05. The van der Waals surface area contributed by atoms with Crippen molar-refractivity contribution >= 4 is 0 Å². The van der Waals surface area contributed by atoms with E-state index in [1.54, 1.807) is 0 Å². The molecular formula is C28H52. The van der Waals surface area contributed by atoms with Crippen molar-refractivity contribution in [1.29, 1.82) is 0 Å². The molecule has 0 heteroatoms. The molecule has 0 aromatic carbocycles. The van der Waals surface area contributed by atoms with Crippen LogP contribution in [-0.4, -0.2) is 0 Å². The fourth-order valence-corrected chi connectivity index (χ4v) is 5.75. The van der Waals surface area contributed by atoms with E-state index in [0.717, 1.165) is 29.6 Å². The summed E-state index contributed by atoms with van der Waals surface area (Å²) in [5.74, 6) is 4.86. The maximum atomic E-state index is 4.32. The number of allylic oxidation sites excluding steroid dienone is 1. The van der Waals surface area contributed by atoms with Gasteiger partial charge in [-0.15, -0.1) is 0 Å². The summed E-state index contributed by atoms with van der Waals surface area (Å²) in [5, 5.41) is 0. The van der Waals surface area contributed by atoms with Crippen molar-refractivity contribution in [2.75, 3.05) is 0 Å². The van der Waals surface area contributed by atoms with Gasteiger partial charge in [-0.05, 0) is 86.4 Å². The molecule has 164 valence electrons. The van der Waals surface area contributed by atoms with E-state index in [-0.39, 0.29) is 0 Å². The predicted octanol–water partition coefficient (Wildman–Crippen LogP) is 9.59. The predicted molar refractivity (Wildman–Crippen MR) is 127 cm³/mol. The van der Waals surface area contributed by atoms with Crippen molar-refractivity contribution in [1.82, 2.24) is 0 Å². The third-order valence-electron chi connectivity index (χ3n) is 8.23. The lowest BCUT2D eigenvalue weighted by Crippen LogP contribution is -2.26. The second kappa shape index (κ2) is 11.8. The van der Waals surface area contributed by atoms with E-state index in [1.807, 2.05) is 0 Å². The van der Waals surface area contributed by atoms with Gasteiger partial charge in [0.15, 0.2) is 0 Å². The summed E-state index contributed by atoms with van der Waals surface area (Å²) in [6.07, 6.45) is 21.5. The fraction of sp³-hybridized carbons (Fsp3) is 0.929. The van der Waals surface area contributed by atoms with Crippen LogP contribution in [0.1, 0.15) is 131 Å². The van der Waals surface area contributed by atoms with Crippen molar-refractivity contribution < 1.29 is 0 Å². The molecule has 2 saturated carbocycles. The number of hydrogen-bond acceptors (Lipinski definition) is 0.